The number of nitrogens with one attached hydrogen (secondary N) is 1. The molecule has 2 aromatic heterocycles. The fourth-order valence-electron chi connectivity index (χ4n) is 5.48. The normalized spacial score (nSPS) is 15.5. The van der Waals surface area contributed by atoms with Crippen LogP contribution in [0, 0.1) is 6.92 Å². The smallest absolute Gasteiger partial charge is 0.310 e. The molecule has 0 saturated carbocycles. The van der Waals surface area contributed by atoms with Crippen LogP contribution in [0.3, 0.4) is 0 Å². The molecule has 5 aromatic rings. The summed E-state index contributed by atoms with van der Waals surface area (Å²) in [4.78, 5) is 17.6. The highest BCUT2D eigenvalue weighted by atomic mass is 35.5. The lowest BCUT2D eigenvalue weighted by molar-refractivity contribution is -0.142. The number of halogens is 1. The van der Waals surface area contributed by atoms with E-state index in [1.165, 1.54) is 5.39 Å². The van der Waals surface area contributed by atoms with Gasteiger partial charge in [0.05, 0.1) is 34.5 Å². The number of carbonyl (C=O) groups is 1. The molecule has 6 rings (SSSR count). The maximum Gasteiger partial charge on any atom is 0.310 e. The average Bonchev–Trinajstić information content (AvgIpc) is 3.64. The summed E-state index contributed by atoms with van der Waals surface area (Å²) in [6, 6.07) is 16.4. The van der Waals surface area contributed by atoms with Crippen LogP contribution in [0.4, 0.5) is 0 Å². The van der Waals surface area contributed by atoms with Crippen molar-refractivity contribution in [3.63, 3.8) is 0 Å². The first kappa shape index (κ1) is 25.0. The summed E-state index contributed by atoms with van der Waals surface area (Å²) in [5.41, 5.74) is 8.30. The maximum absolute atomic E-state index is 12.6. The van der Waals surface area contributed by atoms with Crippen LogP contribution in [0.25, 0.3) is 42.8 Å². The van der Waals surface area contributed by atoms with Gasteiger partial charge in [0.15, 0.2) is 0 Å². The molecular weight excluding hydrogens is 516 g/mol. The van der Waals surface area contributed by atoms with Crippen LogP contribution in [0.15, 0.2) is 48.5 Å². The van der Waals surface area contributed by atoms with Gasteiger partial charge in [-0.3, -0.25) is 9.48 Å². The SMILES string of the molecule is CCOC(=O)Cc1c(C)cc2nc(-c3ccc4c(c3)c(C3CCNC3)nn4C)sc2c1-c1ccc(Cl)cc1. The molecule has 1 N–H and O–H groups in total. The molecule has 1 atom stereocenters. The minimum absolute atomic E-state index is 0.210. The highest BCUT2D eigenvalue weighted by Crippen LogP contribution is 2.42. The van der Waals surface area contributed by atoms with Crippen LogP contribution in [-0.4, -0.2) is 40.4 Å². The third kappa shape index (κ3) is 4.49. The van der Waals surface area contributed by atoms with Gasteiger partial charge in [0, 0.05) is 41.0 Å². The Bertz CT molecular complexity index is 1670. The Balaban J connectivity index is 1.52. The van der Waals surface area contributed by atoms with E-state index in [4.69, 9.17) is 26.4 Å². The quantitative estimate of drug-likeness (QED) is 0.242. The molecule has 194 valence electrons. The molecule has 1 fully saturated rings. The lowest BCUT2D eigenvalue weighted by Gasteiger charge is -2.14. The standard InChI is InChI=1S/C30H29ClN4O2S/c1-4-37-26(36)15-22-17(2)13-24-29(27(22)18-5-8-21(31)9-6-18)38-30(33-24)19-7-10-25-23(14-19)28(34-35(25)3)20-11-12-32-16-20/h5-10,13-14,20,32H,4,11-12,15-16H2,1-3H3. The van der Waals surface area contributed by atoms with Crippen molar-refractivity contribution in [1.29, 1.82) is 0 Å². The first-order valence-electron chi connectivity index (χ1n) is 12.9. The third-order valence-electron chi connectivity index (χ3n) is 7.34. The highest BCUT2D eigenvalue weighted by molar-refractivity contribution is 7.22. The van der Waals surface area contributed by atoms with Crippen molar-refractivity contribution in [3.8, 4) is 21.7 Å². The number of benzene rings is 3. The summed E-state index contributed by atoms with van der Waals surface area (Å²) < 4.78 is 8.34. The van der Waals surface area contributed by atoms with Gasteiger partial charge in [0.25, 0.3) is 0 Å². The Morgan fingerprint density at radius 3 is 2.71 bits per heavy atom. The predicted octanol–water partition coefficient (Wildman–Crippen LogP) is 6.66. The molecule has 8 heteroatoms. The molecule has 1 aliphatic heterocycles. The number of aromatic nitrogens is 3. The Hall–Kier alpha value is -3.26. The van der Waals surface area contributed by atoms with Crippen molar-refractivity contribution in [2.75, 3.05) is 19.7 Å². The number of hydrogen-bond acceptors (Lipinski definition) is 6. The molecule has 6 nitrogen and oxygen atoms in total. The zero-order valence-electron chi connectivity index (χ0n) is 21.7. The zero-order valence-corrected chi connectivity index (χ0v) is 23.2. The van der Waals surface area contributed by atoms with Crippen molar-refractivity contribution in [2.45, 2.75) is 32.6 Å². The van der Waals surface area contributed by atoms with Gasteiger partial charge in [-0.15, -0.1) is 11.3 Å². The molecule has 0 spiro atoms. The number of rotatable bonds is 6. The number of hydrogen-bond donors (Lipinski definition) is 1. The van der Waals surface area contributed by atoms with Crippen LogP contribution < -0.4 is 5.32 Å². The van der Waals surface area contributed by atoms with Crippen LogP contribution in [-0.2, 0) is 23.0 Å². The number of nitrogens with zero attached hydrogens (tertiary/aromatic N) is 3. The van der Waals surface area contributed by atoms with Crippen molar-refractivity contribution >= 4 is 50.0 Å². The first-order valence-corrected chi connectivity index (χ1v) is 14.1. The van der Waals surface area contributed by atoms with Crippen LogP contribution in [0.5, 0.6) is 0 Å². The molecule has 0 amide bonds. The molecule has 1 unspecified atom stereocenters. The summed E-state index contributed by atoms with van der Waals surface area (Å²) >= 11 is 7.87. The van der Waals surface area contributed by atoms with Crippen LogP contribution in [0.1, 0.15) is 36.1 Å². The molecule has 3 heterocycles. The second-order valence-corrected chi connectivity index (χ2v) is 11.3. The minimum Gasteiger partial charge on any atom is -0.466 e. The van der Waals surface area contributed by atoms with Gasteiger partial charge < -0.3 is 10.1 Å². The van der Waals surface area contributed by atoms with Gasteiger partial charge in [-0.1, -0.05) is 23.7 Å². The molecule has 1 saturated heterocycles. The van der Waals surface area contributed by atoms with Crippen molar-refractivity contribution in [2.24, 2.45) is 7.05 Å². The number of thiazole rings is 1. The number of aryl methyl sites for hydroxylation is 2. The summed E-state index contributed by atoms with van der Waals surface area (Å²) in [5.74, 6) is 0.194. The van der Waals surface area contributed by atoms with Crippen molar-refractivity contribution < 1.29 is 9.53 Å². The van der Waals surface area contributed by atoms with E-state index >= 15 is 0 Å². The molecular formula is C30H29ClN4O2S. The molecule has 38 heavy (non-hydrogen) atoms. The van der Waals surface area contributed by atoms with E-state index in [-0.39, 0.29) is 12.4 Å². The Morgan fingerprint density at radius 2 is 1.97 bits per heavy atom. The van der Waals surface area contributed by atoms with Gasteiger partial charge in [0.1, 0.15) is 5.01 Å². The maximum atomic E-state index is 12.6. The van der Waals surface area contributed by atoms with E-state index in [0.29, 0.717) is 17.5 Å². The molecule has 3 aromatic carbocycles. The van der Waals surface area contributed by atoms with Gasteiger partial charge in [-0.25, -0.2) is 4.98 Å². The molecule has 0 radical (unpaired) electrons. The fourth-order valence-corrected chi connectivity index (χ4v) is 6.74. The van der Waals surface area contributed by atoms with Crippen molar-refractivity contribution in [1.82, 2.24) is 20.1 Å². The Labute approximate surface area is 230 Å². The Kier molecular flexibility index (Phi) is 6.68. The first-order chi connectivity index (χ1) is 18.4. The van der Waals surface area contributed by atoms with Gasteiger partial charge >= 0.3 is 5.97 Å². The van der Waals surface area contributed by atoms with Crippen LogP contribution >= 0.6 is 22.9 Å². The van der Waals surface area contributed by atoms with E-state index in [2.05, 4.69) is 29.6 Å². The van der Waals surface area contributed by atoms with Crippen molar-refractivity contribution in [3.05, 3.63) is 70.4 Å². The molecule has 1 aliphatic rings. The number of fused-ring (bicyclic) bond motifs is 2. The van der Waals surface area contributed by atoms with E-state index < -0.39 is 0 Å². The summed E-state index contributed by atoms with van der Waals surface area (Å²) in [6.07, 6.45) is 1.31. The van der Waals surface area contributed by atoms with E-state index in [1.807, 2.05) is 49.8 Å². The topological polar surface area (TPSA) is 69.0 Å². The van der Waals surface area contributed by atoms with Crippen LogP contribution in [0.2, 0.25) is 5.02 Å². The van der Waals surface area contributed by atoms with Gasteiger partial charge in [-0.05, 0) is 79.9 Å². The number of esters is 1. The van der Waals surface area contributed by atoms with E-state index in [0.717, 1.165) is 73.8 Å². The molecule has 0 aliphatic carbocycles. The fraction of sp³-hybridized carbons (Fsp3) is 0.300. The van der Waals surface area contributed by atoms with Gasteiger partial charge in [-0.2, -0.15) is 5.10 Å². The number of carbonyl (C=O) groups excluding carboxylic acids is 1. The predicted molar refractivity (Wildman–Crippen MR) is 155 cm³/mol. The summed E-state index contributed by atoms with van der Waals surface area (Å²) in [5, 5.41) is 11.2. The largest absolute Gasteiger partial charge is 0.466 e. The lowest BCUT2D eigenvalue weighted by atomic mass is 9.93. The Morgan fingerprint density at radius 1 is 1.18 bits per heavy atom. The second kappa shape index (κ2) is 10.1. The zero-order chi connectivity index (χ0) is 26.4. The minimum atomic E-state index is -0.231. The lowest BCUT2D eigenvalue weighted by Crippen LogP contribution is -2.09. The second-order valence-electron chi connectivity index (χ2n) is 9.83. The summed E-state index contributed by atoms with van der Waals surface area (Å²) in [7, 11) is 2.01. The molecule has 0 bridgehead atoms. The summed E-state index contributed by atoms with van der Waals surface area (Å²) in [6.45, 7) is 6.22. The highest BCUT2D eigenvalue weighted by Gasteiger charge is 2.24. The third-order valence-corrected chi connectivity index (χ3v) is 8.73. The van der Waals surface area contributed by atoms with E-state index in [9.17, 15) is 4.79 Å². The van der Waals surface area contributed by atoms with Gasteiger partial charge in [0.2, 0.25) is 0 Å². The van der Waals surface area contributed by atoms with E-state index in [1.54, 1.807) is 11.3 Å². The number of ether oxygens (including phenoxy) is 1. The monoisotopic (exact) mass is 544 g/mol. The average molecular weight is 545 g/mol.